The van der Waals surface area contributed by atoms with E-state index in [2.05, 4.69) is 40.9 Å². The van der Waals surface area contributed by atoms with Gasteiger partial charge in [0.05, 0.1) is 24.1 Å². The van der Waals surface area contributed by atoms with Crippen LogP contribution in [-0.2, 0) is 48.0 Å². The first-order chi connectivity index (χ1) is 27.9. The number of aromatic nitrogens is 1. The highest BCUT2D eigenvalue weighted by atomic mass is 16.5. The summed E-state index contributed by atoms with van der Waals surface area (Å²) in [6.07, 6.45) is 7.00. The number of ether oxygens (including phenoxy) is 2. The average Bonchev–Trinajstić information content (AvgIpc) is 3.52. The van der Waals surface area contributed by atoms with Crippen molar-refractivity contribution < 1.29 is 33.8 Å². The number of nitrogens with one attached hydrogen (secondary N) is 2. The zero-order valence-electron chi connectivity index (χ0n) is 34.7. The summed E-state index contributed by atoms with van der Waals surface area (Å²) < 4.78 is 13.9. The Bertz CT molecular complexity index is 2120. The minimum Gasteiger partial charge on any atom is -0.508 e. The van der Waals surface area contributed by atoms with Crippen LogP contribution in [0.5, 0.6) is 5.75 Å². The summed E-state index contributed by atoms with van der Waals surface area (Å²) in [4.78, 5) is 61.0. The topological polar surface area (TPSA) is 155 Å². The number of phenolic OH excluding ortho intramolecular Hbond substituents is 1. The van der Waals surface area contributed by atoms with Gasteiger partial charge in [-0.05, 0) is 112 Å². The number of rotatable bonds is 8. The number of methoxy groups -OCH3 is 1. The molecule has 3 aliphatic rings. The van der Waals surface area contributed by atoms with Gasteiger partial charge in [-0.3, -0.25) is 29.2 Å². The summed E-state index contributed by atoms with van der Waals surface area (Å²) in [7, 11) is 1.65. The highest BCUT2D eigenvalue weighted by Gasteiger charge is 2.39. The quantitative estimate of drug-likeness (QED) is 0.149. The van der Waals surface area contributed by atoms with Crippen LogP contribution in [0.2, 0.25) is 0 Å². The van der Waals surface area contributed by atoms with Crippen molar-refractivity contribution >= 4 is 46.4 Å². The maximum atomic E-state index is 14.4. The lowest BCUT2D eigenvalue weighted by atomic mass is 9.89. The number of benzene rings is 2. The molecule has 310 valence electrons. The molecule has 0 spiro atoms. The zero-order valence-corrected chi connectivity index (χ0v) is 34.7. The van der Waals surface area contributed by atoms with Crippen molar-refractivity contribution in [1.82, 2.24) is 25.2 Å². The summed E-state index contributed by atoms with van der Waals surface area (Å²) in [6.45, 7) is 15.1. The summed E-state index contributed by atoms with van der Waals surface area (Å²) >= 11 is 0. The van der Waals surface area contributed by atoms with Gasteiger partial charge in [-0.15, -0.1) is 0 Å². The molecule has 2 aromatic carbocycles. The van der Waals surface area contributed by atoms with Crippen molar-refractivity contribution in [1.29, 1.82) is 0 Å². The molecule has 6 rings (SSSR count). The first-order valence-electron chi connectivity index (χ1n) is 20.6. The van der Waals surface area contributed by atoms with Gasteiger partial charge in [0.1, 0.15) is 23.9 Å². The summed E-state index contributed by atoms with van der Waals surface area (Å²) in [6, 6.07) is 8.89. The Labute approximate surface area is 341 Å². The van der Waals surface area contributed by atoms with Crippen LogP contribution in [0.4, 0.5) is 0 Å². The smallest absolute Gasteiger partial charge is 0.324 e. The van der Waals surface area contributed by atoms with Gasteiger partial charge in [0, 0.05) is 62.8 Å². The van der Waals surface area contributed by atoms with Crippen molar-refractivity contribution in [2.75, 3.05) is 26.8 Å². The number of aryl methyl sites for hydroxylation is 2. The van der Waals surface area contributed by atoms with Crippen molar-refractivity contribution in [2.45, 2.75) is 110 Å². The van der Waals surface area contributed by atoms with Crippen LogP contribution in [0.3, 0.4) is 0 Å². The monoisotopic (exact) mass is 794 g/mol. The van der Waals surface area contributed by atoms with E-state index >= 15 is 0 Å². The molecule has 3 amide bonds. The number of hydrogen-bond donors (Lipinski definition) is 3. The molecule has 13 nitrogen and oxygen atoms in total. The number of phenols is 1. The molecule has 3 aliphatic heterocycles. The second kappa shape index (κ2) is 18.5. The number of hydrazine groups is 1. The summed E-state index contributed by atoms with van der Waals surface area (Å²) in [5.74, 6) is -1.58. The minimum atomic E-state index is -1.07. The van der Waals surface area contributed by atoms with E-state index in [1.54, 1.807) is 30.4 Å². The van der Waals surface area contributed by atoms with E-state index in [4.69, 9.17) is 14.5 Å². The van der Waals surface area contributed by atoms with Crippen LogP contribution in [0.25, 0.3) is 27.6 Å². The van der Waals surface area contributed by atoms with Crippen LogP contribution < -0.4 is 10.7 Å². The van der Waals surface area contributed by atoms with E-state index < -0.39 is 35.9 Å². The molecule has 0 unspecified atom stereocenters. The third-order valence-corrected chi connectivity index (χ3v) is 11.8. The number of fused-ring (bicyclic) bond motifs is 6. The van der Waals surface area contributed by atoms with E-state index in [9.17, 15) is 24.3 Å². The number of likely N-dealkylation sites (tertiary alicyclic amines) is 1. The van der Waals surface area contributed by atoms with Gasteiger partial charge in [0.2, 0.25) is 11.8 Å². The molecule has 0 aliphatic carbocycles. The number of amides is 3. The Balaban J connectivity index is 1.49. The molecule has 58 heavy (non-hydrogen) atoms. The predicted octanol–water partition coefficient (Wildman–Crippen LogP) is 5.72. The third-order valence-electron chi connectivity index (χ3n) is 11.8. The maximum Gasteiger partial charge on any atom is 0.324 e. The van der Waals surface area contributed by atoms with Crippen LogP contribution in [0, 0.1) is 5.92 Å². The van der Waals surface area contributed by atoms with E-state index in [1.807, 2.05) is 39.0 Å². The zero-order chi connectivity index (χ0) is 41.7. The molecule has 1 aromatic heterocycles. The molecule has 13 heteroatoms. The molecule has 2 saturated heterocycles. The number of aliphatic imine (C=N–C) groups is 1. The van der Waals surface area contributed by atoms with Crippen molar-refractivity contribution in [3.05, 3.63) is 71.6 Å². The van der Waals surface area contributed by atoms with Crippen molar-refractivity contribution in [3.63, 3.8) is 0 Å². The Morgan fingerprint density at radius 3 is 2.60 bits per heavy atom. The predicted molar refractivity (Wildman–Crippen MR) is 225 cm³/mol. The van der Waals surface area contributed by atoms with Crippen molar-refractivity contribution in [3.8, 4) is 16.9 Å². The fourth-order valence-corrected chi connectivity index (χ4v) is 8.88. The molecule has 6 bridgehead atoms. The van der Waals surface area contributed by atoms with E-state index in [0.29, 0.717) is 50.9 Å². The normalized spacial score (nSPS) is 22.9. The fraction of sp³-hybridized carbons (Fsp3) is 0.489. The number of nitrogens with zero attached hydrogens (tertiary/aromatic N) is 4. The van der Waals surface area contributed by atoms with Gasteiger partial charge in [-0.2, -0.15) is 0 Å². The Hall–Kier alpha value is -5.27. The number of carbonyl (C=O) groups excluding carboxylic acids is 4. The molecule has 3 aromatic rings. The molecule has 0 saturated carbocycles. The SMILES string of the molecule is C=C/C(=C(\N=CC)[C@H](C)OC)c1c2c3cc(ccc3n1CC)-c1cc(O)cc(c1)C[C@H](NC(=O)[C@@H]1[C@@H](C)CCCN1C(C)=O)C(=O)N1CCC[C@H](N1)C(=O)OCCC2. The number of esters is 1. The lowest BCUT2D eigenvalue weighted by molar-refractivity contribution is -0.153. The van der Waals surface area contributed by atoms with Gasteiger partial charge in [-0.1, -0.05) is 31.7 Å². The maximum absolute atomic E-state index is 14.4. The van der Waals surface area contributed by atoms with Crippen molar-refractivity contribution in [2.24, 2.45) is 10.9 Å². The second-order valence-electron chi connectivity index (χ2n) is 15.6. The molecule has 2 fully saturated rings. The number of cyclic esters (lactones) is 1. The van der Waals surface area contributed by atoms with Gasteiger partial charge < -0.3 is 29.4 Å². The van der Waals surface area contributed by atoms with E-state index in [-0.39, 0.29) is 36.7 Å². The number of aromatic hydroxyl groups is 1. The van der Waals surface area contributed by atoms with Gasteiger partial charge >= 0.3 is 5.97 Å². The highest BCUT2D eigenvalue weighted by Crippen LogP contribution is 2.38. The highest BCUT2D eigenvalue weighted by molar-refractivity contribution is 5.96. The minimum absolute atomic E-state index is 0.0154. The van der Waals surface area contributed by atoms with E-state index in [0.717, 1.165) is 57.4 Å². The molecule has 3 N–H and O–H groups in total. The number of carbonyl (C=O) groups is 4. The Morgan fingerprint density at radius 2 is 1.90 bits per heavy atom. The van der Waals surface area contributed by atoms with Gasteiger partial charge in [-0.25, -0.2) is 5.43 Å². The third kappa shape index (κ3) is 8.75. The molecule has 4 heterocycles. The largest absolute Gasteiger partial charge is 0.508 e. The molecular formula is C45H58N6O7. The first-order valence-corrected chi connectivity index (χ1v) is 20.6. The molecule has 0 radical (unpaired) electrons. The van der Waals surface area contributed by atoms with Crippen LogP contribution in [-0.4, -0.2) is 101 Å². The number of piperidine rings is 1. The van der Waals surface area contributed by atoms with Gasteiger partial charge in [0.25, 0.3) is 5.91 Å². The Kier molecular flexibility index (Phi) is 13.5. The van der Waals surface area contributed by atoms with Crippen LogP contribution in [0.1, 0.15) is 83.5 Å². The average molecular weight is 795 g/mol. The second-order valence-corrected chi connectivity index (χ2v) is 15.6. The lowest BCUT2D eigenvalue weighted by Crippen LogP contribution is -2.62. The van der Waals surface area contributed by atoms with Crippen LogP contribution in [0.15, 0.2) is 59.7 Å². The summed E-state index contributed by atoms with van der Waals surface area (Å²) in [5.41, 5.74) is 9.91. The fourth-order valence-electron chi connectivity index (χ4n) is 8.88. The standard InChI is InChI=1S/C45H58N6O7/c1-8-34(40(46-9-2)28(5)57-7)42-35-15-13-21-58-45(56)37-16-12-20-51(48-37)44(55)38(47-43(54)41-27(4)14-11-19-50(41)29(6)52)24-30-22-32(25-33(53)23-30)31-17-18-39(36(35)26-31)49(42)10-3/h8-9,17-18,22-23,25-28,37-38,41,48,53H,1,10-16,19-21,24H2,2-7H3,(H,47,54)/b40-34+,46-9?/t27-,28-,37-,38-,41-/m0/s1. The lowest BCUT2D eigenvalue weighted by Gasteiger charge is -2.40. The molecular weight excluding hydrogens is 737 g/mol. The Morgan fingerprint density at radius 1 is 1.12 bits per heavy atom. The van der Waals surface area contributed by atoms with Crippen LogP contribution >= 0.6 is 0 Å². The first kappa shape index (κ1) is 42.3. The summed E-state index contributed by atoms with van der Waals surface area (Å²) in [5, 5.41) is 16.6. The molecule has 5 atom stereocenters. The number of hydrogen-bond acceptors (Lipinski definition) is 9. The van der Waals surface area contributed by atoms with E-state index in [1.165, 1.54) is 11.9 Å². The number of allylic oxidation sites excluding steroid dienone is 2. The van der Waals surface area contributed by atoms with Gasteiger partial charge in [0.15, 0.2) is 0 Å².